The predicted octanol–water partition coefficient (Wildman–Crippen LogP) is -0.957. The van der Waals surface area contributed by atoms with Crippen LogP contribution in [0.2, 0.25) is 0 Å². The number of amides is 2. The van der Waals surface area contributed by atoms with Gasteiger partial charge in [0.25, 0.3) is 11.8 Å². The number of nitrogens with one attached hydrogen (secondary N) is 3. The second kappa shape index (κ2) is 11.5. The zero-order chi connectivity index (χ0) is 28.4. The molecule has 4 aliphatic heterocycles. The summed E-state index contributed by atoms with van der Waals surface area (Å²) in [5, 5.41) is 22.8. The third kappa shape index (κ3) is 5.17. The maximum atomic E-state index is 13.2. The molecule has 0 saturated carbocycles. The molecule has 5 heterocycles. The summed E-state index contributed by atoms with van der Waals surface area (Å²) in [7, 11) is 0. The summed E-state index contributed by atoms with van der Waals surface area (Å²) in [6, 6.07) is -0.937. The summed E-state index contributed by atoms with van der Waals surface area (Å²) in [5.74, 6) is -0.462. The van der Waals surface area contributed by atoms with Gasteiger partial charge < -0.3 is 36.9 Å². The maximum absolute atomic E-state index is 13.2. The number of hydrogen-bond acceptors (Lipinski definition) is 14. The molecule has 1 aromatic heterocycles. The van der Waals surface area contributed by atoms with Crippen LogP contribution in [-0.4, -0.2) is 91.8 Å². The van der Waals surface area contributed by atoms with E-state index < -0.39 is 29.2 Å². The first-order chi connectivity index (χ1) is 19.3. The zero-order valence-corrected chi connectivity index (χ0v) is 23.0. The second-order valence-corrected chi connectivity index (χ2v) is 10.8. The highest BCUT2D eigenvalue weighted by Crippen LogP contribution is 2.41. The molecule has 212 valence electrons. The molecule has 0 unspecified atom stereocenters. The Morgan fingerprint density at radius 1 is 1.35 bits per heavy atom. The fourth-order valence-corrected chi connectivity index (χ4v) is 6.31. The molecule has 2 amide bonds. The van der Waals surface area contributed by atoms with Crippen molar-refractivity contribution in [1.29, 1.82) is 0 Å². The van der Waals surface area contributed by atoms with Gasteiger partial charge in [-0.3, -0.25) is 19.9 Å². The number of carbonyl (C=O) groups excluding carboxylic acids is 2. The van der Waals surface area contributed by atoms with Gasteiger partial charge in [0, 0.05) is 43.2 Å². The first-order valence-corrected chi connectivity index (χ1v) is 14.2. The molecule has 0 radical (unpaired) electrons. The van der Waals surface area contributed by atoms with E-state index in [1.807, 2.05) is 29.5 Å². The molecule has 5 rings (SSSR count). The van der Waals surface area contributed by atoms with Crippen LogP contribution in [0.15, 0.2) is 58.0 Å². The van der Waals surface area contributed by atoms with Crippen molar-refractivity contribution >= 4 is 51.7 Å². The number of nitrogens with two attached hydrogens (primary N) is 2. The minimum Gasteiger partial charge on any atom is -0.477 e. The number of nitrogen functional groups attached to an aromatic ring is 1. The minimum atomic E-state index is -1.21. The van der Waals surface area contributed by atoms with Crippen LogP contribution in [0.25, 0.3) is 0 Å². The van der Waals surface area contributed by atoms with Gasteiger partial charge >= 0.3 is 5.97 Å². The summed E-state index contributed by atoms with van der Waals surface area (Å²) in [6.07, 6.45) is 7.41. The minimum absolute atomic E-state index is 0.0770. The molecular weight excluding hydrogens is 560 g/mol. The number of hydrogen-bond donors (Lipinski definition) is 6. The van der Waals surface area contributed by atoms with Gasteiger partial charge in [-0.2, -0.15) is 0 Å². The maximum Gasteiger partial charge on any atom is 0.352 e. The Hall–Kier alpha value is -4.22. The third-order valence-electron chi connectivity index (χ3n) is 6.20. The van der Waals surface area contributed by atoms with E-state index in [-0.39, 0.29) is 35.4 Å². The fourth-order valence-electron chi connectivity index (χ4n) is 4.42. The summed E-state index contributed by atoms with van der Waals surface area (Å²) >= 11 is 2.52. The van der Waals surface area contributed by atoms with Gasteiger partial charge in [-0.1, -0.05) is 5.16 Å². The number of carboxylic acids is 1. The summed E-state index contributed by atoms with van der Waals surface area (Å²) in [6.45, 7) is 3.30. The Morgan fingerprint density at radius 3 is 2.88 bits per heavy atom. The number of carboxylic acid groups (broad SMARTS) is 1. The number of thiazole rings is 1. The number of rotatable bonds is 11. The van der Waals surface area contributed by atoms with Crippen molar-refractivity contribution in [2.75, 3.05) is 37.7 Å². The van der Waals surface area contributed by atoms with Gasteiger partial charge in [0.1, 0.15) is 41.1 Å². The molecule has 0 aliphatic carbocycles. The molecule has 40 heavy (non-hydrogen) atoms. The number of nitrogens with zero attached hydrogens (tertiary/aromatic N) is 5. The molecule has 17 heteroatoms. The predicted molar refractivity (Wildman–Crippen MR) is 148 cm³/mol. The van der Waals surface area contributed by atoms with E-state index in [4.69, 9.17) is 16.3 Å². The molecule has 0 aromatic carbocycles. The van der Waals surface area contributed by atoms with Crippen LogP contribution in [0.5, 0.6) is 0 Å². The van der Waals surface area contributed by atoms with Gasteiger partial charge in [0.2, 0.25) is 0 Å². The Morgan fingerprint density at radius 2 is 2.17 bits per heavy atom. The van der Waals surface area contributed by atoms with Crippen LogP contribution < -0.4 is 27.5 Å². The Bertz CT molecular complexity index is 1370. The number of fused-ring (bicyclic) bond motifs is 2. The molecular formula is C23H28N10O5S2. The van der Waals surface area contributed by atoms with Crippen LogP contribution >= 0.6 is 23.1 Å². The van der Waals surface area contributed by atoms with Crippen LogP contribution in [-0.2, 0) is 19.2 Å². The molecule has 8 N–H and O–H groups in total. The quantitative estimate of drug-likeness (QED) is 0.105. The molecule has 0 bridgehead atoms. The summed E-state index contributed by atoms with van der Waals surface area (Å²) in [4.78, 5) is 50.8. The van der Waals surface area contributed by atoms with E-state index in [0.717, 1.165) is 23.0 Å². The van der Waals surface area contributed by atoms with Crippen molar-refractivity contribution in [1.82, 2.24) is 35.9 Å². The number of anilines is 1. The van der Waals surface area contributed by atoms with Gasteiger partial charge in [0.15, 0.2) is 10.8 Å². The first kappa shape index (κ1) is 27.4. The zero-order valence-electron chi connectivity index (χ0n) is 21.4. The molecule has 1 aromatic rings. The normalized spacial score (nSPS) is 21.7. The SMILES string of the molecule is CCO/N=C(\C(=O)N[C@@H]1C(=O)N2C(C(=O)O)=C(CN3C=CN4NC(NCCN)=CC=C34)CS[C@@H]12)c1csc(N)n1. The fraction of sp³-hybridized carbons (Fsp3) is 0.348. The van der Waals surface area contributed by atoms with Gasteiger partial charge in [-0.25, -0.2) is 14.8 Å². The second-order valence-electron chi connectivity index (χ2n) is 8.78. The Labute approximate surface area is 237 Å². The highest BCUT2D eigenvalue weighted by molar-refractivity contribution is 8.00. The van der Waals surface area contributed by atoms with E-state index in [2.05, 4.69) is 26.2 Å². The van der Waals surface area contributed by atoms with Crippen molar-refractivity contribution in [3.05, 3.63) is 58.5 Å². The summed E-state index contributed by atoms with van der Waals surface area (Å²) in [5.41, 5.74) is 15.1. The average Bonchev–Trinajstić information content (AvgIpc) is 3.55. The molecule has 1 fully saturated rings. The lowest BCUT2D eigenvalue weighted by atomic mass is 10.0. The number of carbonyl (C=O) groups is 3. The van der Waals surface area contributed by atoms with Crippen LogP contribution in [0.4, 0.5) is 5.13 Å². The van der Waals surface area contributed by atoms with Crippen LogP contribution in [0.1, 0.15) is 12.6 Å². The average molecular weight is 589 g/mol. The smallest absolute Gasteiger partial charge is 0.352 e. The number of oxime groups is 1. The van der Waals surface area contributed by atoms with E-state index in [1.54, 1.807) is 17.3 Å². The summed E-state index contributed by atoms with van der Waals surface area (Å²) < 4.78 is 0. The van der Waals surface area contributed by atoms with Crippen molar-refractivity contribution in [3.8, 4) is 0 Å². The van der Waals surface area contributed by atoms with Crippen LogP contribution in [0, 0.1) is 0 Å². The first-order valence-electron chi connectivity index (χ1n) is 12.3. The third-order valence-corrected chi connectivity index (χ3v) is 8.21. The topological polar surface area (TPSA) is 204 Å². The van der Waals surface area contributed by atoms with Crippen molar-refractivity contribution in [2.45, 2.75) is 18.3 Å². The number of allylic oxidation sites excluding steroid dienone is 2. The standard InChI is InChI=1S/C23H28N10O5S2/c1-2-38-30-16(13-11-40-23(25)27-13)19(34)28-17-20(35)33-18(22(36)37)12(10-39-21(17)33)9-31-7-8-32-15(31)4-3-14(29-32)26-6-5-24/h3-4,7-8,11,17,21,26,29H,2,5-6,9-10,24H2,1H3,(H2,25,27)(H,28,34)(H,36,37)/b30-16-/t17-,21+/m1/s1. The van der Waals surface area contributed by atoms with Crippen molar-refractivity contribution in [3.63, 3.8) is 0 Å². The van der Waals surface area contributed by atoms with Gasteiger partial charge in [0.05, 0.1) is 0 Å². The van der Waals surface area contributed by atoms with E-state index in [1.165, 1.54) is 16.7 Å². The number of thioether (sulfide) groups is 1. The number of hydrazine groups is 1. The lowest BCUT2D eigenvalue weighted by Crippen LogP contribution is -2.71. The monoisotopic (exact) mass is 588 g/mol. The highest BCUT2D eigenvalue weighted by Gasteiger charge is 2.54. The van der Waals surface area contributed by atoms with Crippen molar-refractivity contribution < 1.29 is 24.3 Å². The van der Waals surface area contributed by atoms with E-state index in [0.29, 0.717) is 24.4 Å². The molecule has 15 nitrogen and oxygen atoms in total. The van der Waals surface area contributed by atoms with Crippen LogP contribution in [0.3, 0.4) is 0 Å². The molecule has 1 saturated heterocycles. The number of aromatic nitrogens is 1. The Balaban J connectivity index is 1.30. The Kier molecular flexibility index (Phi) is 7.85. The lowest BCUT2D eigenvalue weighted by Gasteiger charge is -2.49. The lowest BCUT2D eigenvalue weighted by molar-refractivity contribution is -0.150. The van der Waals surface area contributed by atoms with Gasteiger partial charge in [-0.15, -0.1) is 23.1 Å². The molecule has 4 aliphatic rings. The molecule has 0 spiro atoms. The molecule has 2 atom stereocenters. The van der Waals surface area contributed by atoms with E-state index >= 15 is 0 Å². The number of β-lactam (4-membered cyclic amide) rings is 1. The highest BCUT2D eigenvalue weighted by atomic mass is 32.2. The number of aliphatic carboxylic acids is 1. The van der Waals surface area contributed by atoms with Gasteiger partial charge in [-0.05, 0) is 24.6 Å². The largest absolute Gasteiger partial charge is 0.477 e. The van der Waals surface area contributed by atoms with Crippen molar-refractivity contribution in [2.24, 2.45) is 10.9 Å². The van der Waals surface area contributed by atoms with E-state index in [9.17, 15) is 19.5 Å².